The molecule has 2 aromatic heterocycles. The number of benzene rings is 3. The number of carbonyl (C=O) groups excluding carboxylic acids is 3. The molecule has 0 bridgehead atoms. The summed E-state index contributed by atoms with van der Waals surface area (Å²) in [4.78, 5) is 57.7. The number of nitrogens with zero attached hydrogens (tertiary/aromatic N) is 2. The van der Waals surface area contributed by atoms with Crippen molar-refractivity contribution >= 4 is 28.8 Å². The largest absolute Gasteiger partial charge is 0.497 e. The molecule has 13 nitrogen and oxygen atoms in total. The van der Waals surface area contributed by atoms with Crippen LogP contribution in [-0.2, 0) is 42.6 Å². The van der Waals surface area contributed by atoms with Crippen LogP contribution in [0.4, 0.5) is 0 Å². The van der Waals surface area contributed by atoms with Crippen molar-refractivity contribution in [2.45, 2.75) is 32.1 Å². The Labute approximate surface area is 291 Å². The van der Waals surface area contributed by atoms with Crippen molar-refractivity contribution in [2.75, 3.05) is 27.4 Å². The number of hydrogen-bond acceptors (Lipinski definition) is 12. The zero-order valence-corrected chi connectivity index (χ0v) is 27.9. The maximum atomic E-state index is 13.9. The van der Waals surface area contributed by atoms with Gasteiger partial charge in [0, 0.05) is 16.5 Å². The third-order valence-electron chi connectivity index (χ3n) is 8.80. The van der Waals surface area contributed by atoms with Crippen LogP contribution in [0, 0.1) is 0 Å². The minimum atomic E-state index is -1.86. The molecular weight excluding hydrogens is 660 g/mol. The van der Waals surface area contributed by atoms with Gasteiger partial charge < -0.3 is 37.7 Å². The summed E-state index contributed by atoms with van der Waals surface area (Å²) >= 11 is 0. The molecule has 0 amide bonds. The molecule has 0 aliphatic carbocycles. The maximum absolute atomic E-state index is 13.9. The first-order chi connectivity index (χ1) is 24.7. The molecule has 0 unspecified atom stereocenters. The van der Waals surface area contributed by atoms with Crippen LogP contribution in [0.2, 0.25) is 0 Å². The molecule has 260 valence electrons. The average molecular weight is 693 g/mol. The number of esters is 3. The number of aromatic nitrogens is 2. The maximum Gasteiger partial charge on any atom is 0.355 e. The minimum absolute atomic E-state index is 0.0145. The van der Waals surface area contributed by atoms with Gasteiger partial charge in [-0.2, -0.15) is 0 Å². The number of cyclic esters (lactones) is 1. The highest BCUT2D eigenvalue weighted by Gasteiger charge is 2.50. The summed E-state index contributed by atoms with van der Waals surface area (Å²) in [5.41, 5.74) is 0.567. The van der Waals surface area contributed by atoms with Crippen LogP contribution in [0.25, 0.3) is 22.3 Å². The Balaban J connectivity index is 1.12. The molecule has 1 atom stereocenters. The molecule has 0 spiro atoms. The van der Waals surface area contributed by atoms with Gasteiger partial charge in [-0.1, -0.05) is 6.92 Å². The second-order valence-electron chi connectivity index (χ2n) is 11.8. The lowest BCUT2D eigenvalue weighted by atomic mass is 9.85. The van der Waals surface area contributed by atoms with E-state index in [1.165, 1.54) is 7.11 Å². The predicted molar refractivity (Wildman–Crippen MR) is 181 cm³/mol. The third-order valence-corrected chi connectivity index (χ3v) is 8.80. The van der Waals surface area contributed by atoms with E-state index in [1.807, 2.05) is 6.07 Å². The van der Waals surface area contributed by atoms with Crippen LogP contribution >= 0.6 is 0 Å². The van der Waals surface area contributed by atoms with E-state index in [-0.39, 0.29) is 42.9 Å². The first-order valence-corrected chi connectivity index (χ1v) is 16.1. The van der Waals surface area contributed by atoms with E-state index in [2.05, 4.69) is 0 Å². The molecule has 5 aromatic rings. The van der Waals surface area contributed by atoms with Crippen molar-refractivity contribution in [2.24, 2.45) is 0 Å². The lowest BCUT2D eigenvalue weighted by Gasteiger charge is -2.35. The lowest BCUT2D eigenvalue weighted by molar-refractivity contribution is -0.190. The molecule has 4 heterocycles. The highest BCUT2D eigenvalue weighted by atomic mass is 16.6. The fourth-order valence-electron chi connectivity index (χ4n) is 6.20. The summed E-state index contributed by atoms with van der Waals surface area (Å²) in [5, 5.41) is 0.688. The molecule has 0 radical (unpaired) electrons. The topological polar surface area (TPSA) is 151 Å². The van der Waals surface area contributed by atoms with Crippen LogP contribution in [0.15, 0.2) is 83.7 Å². The summed E-state index contributed by atoms with van der Waals surface area (Å²) in [6.45, 7) is 0.837. The first kappa shape index (κ1) is 33.1. The van der Waals surface area contributed by atoms with Gasteiger partial charge in [-0.05, 0) is 85.3 Å². The first-order valence-electron chi connectivity index (χ1n) is 16.1. The molecule has 2 aliphatic heterocycles. The standard InChI is InChI=1S/C38H32N2O11/c1-4-38(51-34(42)21-48-27-11-7-25(46-3)8-12-27)30-17-32-35-23(18-40(32)36(43)29(30)19-49-37(38)44)15-22-16-28(13-14-31(22)39-35)50-33(41)20-47-26-9-5-24(45-2)6-10-26/h5-17H,4,18-21H2,1-3H3/t38-/m0/s1. The van der Waals surface area contributed by atoms with Gasteiger partial charge in [0.2, 0.25) is 5.60 Å². The van der Waals surface area contributed by atoms with Gasteiger partial charge in [-0.3, -0.25) is 4.79 Å². The Morgan fingerprint density at radius 1 is 0.804 bits per heavy atom. The number of pyridine rings is 2. The number of fused-ring (bicyclic) bond motifs is 5. The van der Waals surface area contributed by atoms with Crippen LogP contribution in [0.3, 0.4) is 0 Å². The minimum Gasteiger partial charge on any atom is -0.497 e. The summed E-state index contributed by atoms with van der Waals surface area (Å²) < 4.78 is 39.7. The van der Waals surface area contributed by atoms with Gasteiger partial charge in [0.15, 0.2) is 13.2 Å². The second-order valence-corrected chi connectivity index (χ2v) is 11.8. The molecule has 0 saturated carbocycles. The summed E-state index contributed by atoms with van der Waals surface area (Å²) in [5.74, 6) is 0.307. The fraction of sp³-hybridized carbons (Fsp3) is 0.237. The van der Waals surface area contributed by atoms with E-state index in [9.17, 15) is 19.2 Å². The summed E-state index contributed by atoms with van der Waals surface area (Å²) in [6.07, 6.45) is 0.0145. The normalized spacial score (nSPS) is 15.5. The molecule has 0 saturated heterocycles. The number of ether oxygens (including phenoxy) is 7. The molecular formula is C38H32N2O11. The van der Waals surface area contributed by atoms with E-state index in [0.29, 0.717) is 51.0 Å². The molecule has 51 heavy (non-hydrogen) atoms. The quantitative estimate of drug-likeness (QED) is 0.137. The average Bonchev–Trinajstić information content (AvgIpc) is 3.51. The third kappa shape index (κ3) is 6.29. The fourth-order valence-corrected chi connectivity index (χ4v) is 6.20. The summed E-state index contributed by atoms with van der Waals surface area (Å²) in [6, 6.07) is 22.0. The smallest absolute Gasteiger partial charge is 0.355 e. The van der Waals surface area contributed by atoms with E-state index in [4.69, 9.17) is 38.1 Å². The van der Waals surface area contributed by atoms with E-state index in [0.717, 1.165) is 5.56 Å². The number of methoxy groups -OCH3 is 2. The molecule has 3 aromatic carbocycles. The van der Waals surface area contributed by atoms with Crippen molar-refractivity contribution < 1.29 is 47.5 Å². The van der Waals surface area contributed by atoms with Gasteiger partial charge in [0.1, 0.15) is 35.4 Å². The Kier molecular flexibility index (Phi) is 8.77. The van der Waals surface area contributed by atoms with Crippen molar-refractivity contribution in [3.05, 3.63) is 106 Å². The Hall–Kier alpha value is -6.37. The second kappa shape index (κ2) is 13.5. The lowest BCUT2D eigenvalue weighted by Crippen LogP contribution is -2.48. The SMILES string of the molecule is CC[C@@]1(OC(=O)COc2ccc(OC)cc2)C(=O)OCc2c1cc1n(c2=O)Cc2cc3cc(OC(=O)COc4ccc(OC)cc4)ccc3nc2-1. The molecule has 0 fully saturated rings. The monoisotopic (exact) mass is 692 g/mol. The van der Waals surface area contributed by atoms with Crippen LogP contribution in [0.5, 0.6) is 28.7 Å². The van der Waals surface area contributed by atoms with Gasteiger partial charge >= 0.3 is 17.9 Å². The predicted octanol–water partition coefficient (Wildman–Crippen LogP) is 4.71. The van der Waals surface area contributed by atoms with Crippen LogP contribution in [0.1, 0.15) is 30.0 Å². The highest BCUT2D eigenvalue weighted by molar-refractivity contribution is 5.89. The van der Waals surface area contributed by atoms with Gasteiger partial charge in [-0.25, -0.2) is 19.4 Å². The van der Waals surface area contributed by atoms with Crippen LogP contribution < -0.4 is 29.2 Å². The summed E-state index contributed by atoms with van der Waals surface area (Å²) in [7, 11) is 3.10. The van der Waals surface area contributed by atoms with Gasteiger partial charge in [0.25, 0.3) is 5.56 Å². The number of carbonyl (C=O) groups is 3. The highest BCUT2D eigenvalue weighted by Crippen LogP contribution is 2.41. The Morgan fingerprint density at radius 2 is 1.41 bits per heavy atom. The van der Waals surface area contributed by atoms with Gasteiger partial charge in [-0.15, -0.1) is 0 Å². The van der Waals surface area contributed by atoms with Crippen LogP contribution in [-0.4, -0.2) is 54.9 Å². The molecule has 0 N–H and O–H groups in total. The molecule has 2 aliphatic rings. The molecule has 7 rings (SSSR count). The van der Waals surface area contributed by atoms with Crippen molar-refractivity contribution in [3.63, 3.8) is 0 Å². The number of hydrogen-bond donors (Lipinski definition) is 0. The molecule has 13 heteroatoms. The Morgan fingerprint density at radius 3 is 2.04 bits per heavy atom. The van der Waals surface area contributed by atoms with Crippen molar-refractivity contribution in [1.29, 1.82) is 0 Å². The van der Waals surface area contributed by atoms with Gasteiger partial charge in [0.05, 0.1) is 43.2 Å². The number of rotatable bonds is 11. The van der Waals surface area contributed by atoms with E-state index >= 15 is 0 Å². The van der Waals surface area contributed by atoms with E-state index < -0.39 is 30.1 Å². The Bertz CT molecular complexity index is 2230. The zero-order chi connectivity index (χ0) is 35.7. The van der Waals surface area contributed by atoms with E-state index in [1.54, 1.807) is 91.4 Å². The van der Waals surface area contributed by atoms with Crippen molar-refractivity contribution in [1.82, 2.24) is 9.55 Å². The van der Waals surface area contributed by atoms with Crippen molar-refractivity contribution in [3.8, 4) is 40.1 Å². The zero-order valence-electron chi connectivity index (χ0n) is 27.9.